The molecule has 1 aliphatic carbocycles. The Kier molecular flexibility index (Phi) is 4.99. The van der Waals surface area contributed by atoms with Crippen LogP contribution in [0, 0.1) is 11.3 Å². The van der Waals surface area contributed by atoms with Crippen LogP contribution in [-0.2, 0) is 6.61 Å². The van der Waals surface area contributed by atoms with Crippen molar-refractivity contribution in [2.24, 2.45) is 0 Å². The molecule has 0 saturated heterocycles. The number of rotatable bonds is 6. The summed E-state index contributed by atoms with van der Waals surface area (Å²) in [4.78, 5) is 0. The third-order valence-electron chi connectivity index (χ3n) is 3.78. The molecule has 2 unspecified atom stereocenters. The minimum Gasteiger partial charge on any atom is -0.490 e. The van der Waals surface area contributed by atoms with Crippen LogP contribution in [-0.4, -0.2) is 23.3 Å². The van der Waals surface area contributed by atoms with Gasteiger partial charge in [0.15, 0.2) is 0 Å². The van der Waals surface area contributed by atoms with Crippen LogP contribution < -0.4 is 10.1 Å². The molecule has 0 bridgehead atoms. The fourth-order valence-electron chi connectivity index (χ4n) is 2.68. The summed E-state index contributed by atoms with van der Waals surface area (Å²) in [5, 5.41) is 21.9. The number of aliphatic hydroxyl groups is 1. The van der Waals surface area contributed by atoms with Crippen LogP contribution in [0.25, 0.3) is 0 Å². The van der Waals surface area contributed by atoms with Crippen LogP contribution in [0.5, 0.6) is 5.75 Å². The summed E-state index contributed by atoms with van der Waals surface area (Å²) in [6.45, 7) is 2.98. The quantitative estimate of drug-likeness (QED) is 0.836. The van der Waals surface area contributed by atoms with Gasteiger partial charge in [-0.15, -0.1) is 0 Å². The predicted octanol–water partition coefficient (Wildman–Crippen LogP) is 2.37. The molecule has 108 valence electrons. The van der Waals surface area contributed by atoms with E-state index in [1.54, 1.807) is 0 Å². The first kappa shape index (κ1) is 14.8. The first-order valence-corrected chi connectivity index (χ1v) is 7.24. The molecular weight excluding hydrogens is 252 g/mol. The molecule has 4 nitrogen and oxygen atoms in total. The van der Waals surface area contributed by atoms with Crippen LogP contribution in [0.4, 0.5) is 0 Å². The molecule has 1 saturated carbocycles. The van der Waals surface area contributed by atoms with Crippen molar-refractivity contribution in [1.82, 2.24) is 5.32 Å². The van der Waals surface area contributed by atoms with E-state index in [1.165, 1.54) is 0 Å². The number of benzene rings is 1. The Hall–Kier alpha value is -1.57. The van der Waals surface area contributed by atoms with Gasteiger partial charge in [-0.05, 0) is 43.5 Å². The van der Waals surface area contributed by atoms with Crippen molar-refractivity contribution < 1.29 is 9.84 Å². The summed E-state index contributed by atoms with van der Waals surface area (Å²) in [5.74, 6) is 0.769. The maximum absolute atomic E-state index is 9.41. The third-order valence-corrected chi connectivity index (χ3v) is 3.78. The maximum atomic E-state index is 9.41. The van der Waals surface area contributed by atoms with Crippen LogP contribution >= 0.6 is 0 Å². The van der Waals surface area contributed by atoms with Crippen LogP contribution in [0.2, 0.25) is 0 Å². The number of hydrogen-bond acceptors (Lipinski definition) is 4. The number of nitrogens with one attached hydrogen (secondary N) is 1. The minimum absolute atomic E-state index is 0.0159. The molecule has 1 aromatic carbocycles. The number of nitrogens with zero attached hydrogens (tertiary/aromatic N) is 1. The van der Waals surface area contributed by atoms with Gasteiger partial charge in [0.2, 0.25) is 0 Å². The van der Waals surface area contributed by atoms with E-state index in [4.69, 9.17) is 9.84 Å². The van der Waals surface area contributed by atoms with Crippen molar-refractivity contribution in [2.75, 3.05) is 6.54 Å². The Bertz CT molecular complexity index is 484. The van der Waals surface area contributed by atoms with Gasteiger partial charge in [-0.2, -0.15) is 5.26 Å². The topological polar surface area (TPSA) is 65.3 Å². The molecule has 4 heteroatoms. The van der Waals surface area contributed by atoms with E-state index in [2.05, 4.69) is 18.3 Å². The molecule has 0 aliphatic heterocycles. The van der Waals surface area contributed by atoms with E-state index in [-0.39, 0.29) is 12.7 Å². The second-order valence-electron chi connectivity index (χ2n) is 5.41. The smallest absolute Gasteiger partial charge is 0.120 e. The van der Waals surface area contributed by atoms with Gasteiger partial charge >= 0.3 is 0 Å². The van der Waals surface area contributed by atoms with Gasteiger partial charge in [0.1, 0.15) is 17.4 Å². The zero-order chi connectivity index (χ0) is 14.4. The Labute approximate surface area is 120 Å². The van der Waals surface area contributed by atoms with Gasteiger partial charge in [0.05, 0.1) is 12.7 Å². The Balaban J connectivity index is 1.97. The number of aliphatic hydroxyl groups excluding tert-OH is 1. The average Bonchev–Trinajstić information content (AvgIpc) is 2.89. The van der Waals surface area contributed by atoms with Crippen molar-refractivity contribution in [3.05, 3.63) is 29.8 Å². The van der Waals surface area contributed by atoms with Crippen molar-refractivity contribution in [3.8, 4) is 11.8 Å². The van der Waals surface area contributed by atoms with Gasteiger partial charge in [-0.25, -0.2) is 0 Å². The van der Waals surface area contributed by atoms with E-state index < -0.39 is 5.54 Å². The molecule has 0 aromatic heterocycles. The molecule has 0 heterocycles. The molecule has 0 radical (unpaired) electrons. The van der Waals surface area contributed by atoms with Crippen molar-refractivity contribution in [1.29, 1.82) is 5.26 Å². The highest BCUT2D eigenvalue weighted by Gasteiger charge is 2.40. The monoisotopic (exact) mass is 274 g/mol. The molecule has 0 amide bonds. The summed E-state index contributed by atoms with van der Waals surface area (Å²) >= 11 is 0. The number of hydrogen-bond donors (Lipinski definition) is 2. The average molecular weight is 274 g/mol. The van der Waals surface area contributed by atoms with Gasteiger partial charge in [0.25, 0.3) is 0 Å². The molecule has 20 heavy (non-hydrogen) atoms. The zero-order valence-electron chi connectivity index (χ0n) is 11.9. The summed E-state index contributed by atoms with van der Waals surface area (Å²) < 4.78 is 5.95. The molecular formula is C16H22N2O2. The van der Waals surface area contributed by atoms with Crippen molar-refractivity contribution >= 4 is 0 Å². The fourth-order valence-corrected chi connectivity index (χ4v) is 2.68. The molecule has 0 spiro atoms. The highest BCUT2D eigenvalue weighted by Crippen LogP contribution is 2.32. The molecule has 2 rings (SSSR count). The normalized spacial score (nSPS) is 25.4. The van der Waals surface area contributed by atoms with Gasteiger partial charge in [-0.1, -0.05) is 19.1 Å². The largest absolute Gasteiger partial charge is 0.490 e. The summed E-state index contributed by atoms with van der Waals surface area (Å²) in [6, 6.07) is 9.91. The van der Waals surface area contributed by atoms with E-state index in [0.717, 1.165) is 37.1 Å². The lowest BCUT2D eigenvalue weighted by molar-refractivity contribution is 0.200. The van der Waals surface area contributed by atoms with Crippen LogP contribution in [0.15, 0.2) is 24.3 Å². The fraction of sp³-hybridized carbons (Fsp3) is 0.562. The second kappa shape index (κ2) is 6.74. The molecule has 1 aromatic rings. The SMILES string of the molecule is CCCNC1(C#N)CCC(Oc2cccc(CO)c2)C1. The molecule has 2 N–H and O–H groups in total. The van der Waals surface area contributed by atoms with Crippen LogP contribution in [0.3, 0.4) is 0 Å². The number of nitriles is 1. The van der Waals surface area contributed by atoms with Gasteiger partial charge < -0.3 is 9.84 Å². The van der Waals surface area contributed by atoms with Crippen molar-refractivity contribution in [3.63, 3.8) is 0 Å². The number of ether oxygens (including phenoxy) is 1. The van der Waals surface area contributed by atoms with E-state index in [1.807, 2.05) is 24.3 Å². The zero-order valence-corrected chi connectivity index (χ0v) is 11.9. The maximum Gasteiger partial charge on any atom is 0.120 e. The third kappa shape index (κ3) is 3.50. The Morgan fingerprint density at radius 1 is 1.55 bits per heavy atom. The van der Waals surface area contributed by atoms with E-state index in [0.29, 0.717) is 6.42 Å². The Morgan fingerprint density at radius 2 is 2.40 bits per heavy atom. The molecule has 1 aliphatic rings. The first-order valence-electron chi connectivity index (χ1n) is 7.24. The van der Waals surface area contributed by atoms with Crippen molar-refractivity contribution in [2.45, 2.75) is 50.9 Å². The van der Waals surface area contributed by atoms with E-state index >= 15 is 0 Å². The first-order chi connectivity index (χ1) is 9.71. The molecule has 2 atom stereocenters. The predicted molar refractivity (Wildman–Crippen MR) is 77.3 cm³/mol. The minimum atomic E-state index is -0.435. The lowest BCUT2D eigenvalue weighted by Crippen LogP contribution is -2.42. The second-order valence-corrected chi connectivity index (χ2v) is 5.41. The van der Waals surface area contributed by atoms with Gasteiger partial charge in [-0.3, -0.25) is 5.32 Å². The lowest BCUT2D eigenvalue weighted by Gasteiger charge is -2.22. The lowest BCUT2D eigenvalue weighted by atomic mass is 9.99. The highest BCUT2D eigenvalue weighted by atomic mass is 16.5. The van der Waals surface area contributed by atoms with Gasteiger partial charge in [0, 0.05) is 6.42 Å². The highest BCUT2D eigenvalue weighted by molar-refractivity contribution is 5.28. The Morgan fingerprint density at radius 3 is 3.10 bits per heavy atom. The van der Waals surface area contributed by atoms with E-state index in [9.17, 15) is 5.26 Å². The van der Waals surface area contributed by atoms with Crippen LogP contribution in [0.1, 0.15) is 38.2 Å². The standard InChI is InChI=1S/C16H22N2O2/c1-2-8-18-16(12-17)7-6-15(10-16)20-14-5-3-4-13(9-14)11-19/h3-5,9,15,18-19H,2,6-8,10-11H2,1H3. The summed E-state index contributed by atoms with van der Waals surface area (Å²) in [5.41, 5.74) is 0.408. The summed E-state index contributed by atoms with van der Waals surface area (Å²) in [7, 11) is 0. The summed E-state index contributed by atoms with van der Waals surface area (Å²) in [6.07, 6.45) is 3.51. The molecule has 1 fully saturated rings.